The van der Waals surface area contributed by atoms with Gasteiger partial charge in [0.2, 0.25) is 5.91 Å². The lowest BCUT2D eigenvalue weighted by Crippen LogP contribution is -2.18. The Morgan fingerprint density at radius 3 is 2.85 bits per heavy atom. The molecule has 0 fully saturated rings. The topological polar surface area (TPSA) is 94.2 Å². The Labute approximate surface area is 196 Å². The second kappa shape index (κ2) is 10.4. The summed E-state index contributed by atoms with van der Waals surface area (Å²) in [6, 6.07) is 13.1. The first-order chi connectivity index (χ1) is 16.0. The smallest absolute Gasteiger partial charge is 0.279 e. The van der Waals surface area contributed by atoms with Gasteiger partial charge in [-0.15, -0.1) is 21.5 Å². The van der Waals surface area contributed by atoms with E-state index >= 15 is 0 Å². The van der Waals surface area contributed by atoms with Crippen LogP contribution in [-0.2, 0) is 18.4 Å². The van der Waals surface area contributed by atoms with Crippen LogP contribution in [0.5, 0.6) is 0 Å². The van der Waals surface area contributed by atoms with E-state index in [1.165, 1.54) is 29.2 Å². The Bertz CT molecular complexity index is 1360. The number of anilines is 1. The number of nitrogens with one attached hydrogen (secondary N) is 1. The van der Waals surface area contributed by atoms with Crippen molar-refractivity contribution in [1.29, 1.82) is 0 Å². The molecular formula is C22H19FN6O2S2. The standard InChI is InChI=1S/C22H19FN6O2S2/c1-28-14-24-27-22(28)33-13-19(30)25-17-7-4-6-15(11-17)20(31)26-21-29(9-10-32-21)12-16-5-2-3-8-18(16)23/h2-11,14H,12-13H2,1H3,(H,25,30). The van der Waals surface area contributed by atoms with Gasteiger partial charge in [-0.1, -0.05) is 36.0 Å². The van der Waals surface area contributed by atoms with Gasteiger partial charge in [0.05, 0.1) is 12.3 Å². The minimum absolute atomic E-state index is 0.153. The molecule has 8 nitrogen and oxygen atoms in total. The van der Waals surface area contributed by atoms with Crippen LogP contribution in [0.1, 0.15) is 15.9 Å². The van der Waals surface area contributed by atoms with E-state index in [2.05, 4.69) is 20.5 Å². The third-order valence-electron chi connectivity index (χ3n) is 4.55. The SMILES string of the molecule is Cn1cnnc1SCC(=O)Nc1cccc(C(=O)N=c2sccn2Cc2ccccc2F)c1. The number of halogens is 1. The van der Waals surface area contributed by atoms with E-state index in [0.717, 1.165) is 0 Å². The molecule has 0 atom stereocenters. The first-order valence-electron chi connectivity index (χ1n) is 9.83. The molecule has 0 unspecified atom stereocenters. The maximum atomic E-state index is 14.0. The molecule has 0 aliphatic carbocycles. The van der Waals surface area contributed by atoms with Crippen molar-refractivity contribution in [3.63, 3.8) is 0 Å². The second-order valence-electron chi connectivity index (χ2n) is 6.96. The van der Waals surface area contributed by atoms with Gasteiger partial charge in [-0.25, -0.2) is 4.39 Å². The summed E-state index contributed by atoms with van der Waals surface area (Å²) in [4.78, 5) is 29.7. The first kappa shape index (κ1) is 22.6. The lowest BCUT2D eigenvalue weighted by atomic mass is 10.2. The minimum atomic E-state index is -0.454. The number of benzene rings is 2. The summed E-state index contributed by atoms with van der Waals surface area (Å²) in [5.74, 6) is -0.843. The molecule has 4 rings (SSSR count). The van der Waals surface area contributed by atoms with Crippen LogP contribution in [0.2, 0.25) is 0 Å². The van der Waals surface area contributed by atoms with E-state index in [0.29, 0.717) is 26.8 Å². The Kier molecular flexibility index (Phi) is 7.10. The van der Waals surface area contributed by atoms with Crippen molar-refractivity contribution in [3.8, 4) is 0 Å². The minimum Gasteiger partial charge on any atom is -0.325 e. The highest BCUT2D eigenvalue weighted by molar-refractivity contribution is 7.99. The molecule has 0 saturated carbocycles. The molecule has 33 heavy (non-hydrogen) atoms. The Morgan fingerprint density at radius 1 is 1.21 bits per heavy atom. The maximum absolute atomic E-state index is 14.0. The predicted molar refractivity (Wildman–Crippen MR) is 125 cm³/mol. The monoisotopic (exact) mass is 482 g/mol. The van der Waals surface area contributed by atoms with Crippen LogP contribution in [0, 0.1) is 5.82 Å². The molecule has 4 aromatic rings. The van der Waals surface area contributed by atoms with Crippen LogP contribution in [0.4, 0.5) is 10.1 Å². The highest BCUT2D eigenvalue weighted by Gasteiger charge is 2.11. The molecule has 0 bridgehead atoms. The van der Waals surface area contributed by atoms with Crippen molar-refractivity contribution >= 4 is 40.6 Å². The molecule has 168 valence electrons. The van der Waals surface area contributed by atoms with Crippen molar-refractivity contribution in [2.75, 3.05) is 11.1 Å². The molecule has 2 amide bonds. The van der Waals surface area contributed by atoms with E-state index in [4.69, 9.17) is 0 Å². The number of aromatic nitrogens is 4. The summed E-state index contributed by atoms with van der Waals surface area (Å²) in [5.41, 5.74) is 1.33. The zero-order chi connectivity index (χ0) is 23.2. The molecule has 11 heteroatoms. The van der Waals surface area contributed by atoms with Gasteiger partial charge in [0.25, 0.3) is 5.91 Å². The highest BCUT2D eigenvalue weighted by atomic mass is 32.2. The van der Waals surface area contributed by atoms with Gasteiger partial charge >= 0.3 is 0 Å². The van der Waals surface area contributed by atoms with Crippen LogP contribution >= 0.6 is 23.1 Å². The second-order valence-corrected chi connectivity index (χ2v) is 8.78. The molecule has 0 aliphatic heterocycles. The molecule has 0 spiro atoms. The van der Waals surface area contributed by atoms with E-state index in [9.17, 15) is 14.0 Å². The van der Waals surface area contributed by atoms with E-state index in [-0.39, 0.29) is 24.0 Å². The van der Waals surface area contributed by atoms with E-state index in [1.54, 1.807) is 76.6 Å². The van der Waals surface area contributed by atoms with Crippen molar-refractivity contribution in [1.82, 2.24) is 19.3 Å². The summed E-state index contributed by atoms with van der Waals surface area (Å²) < 4.78 is 17.4. The predicted octanol–water partition coefficient (Wildman–Crippen LogP) is 3.34. The van der Waals surface area contributed by atoms with Gasteiger partial charge in [0.15, 0.2) is 9.96 Å². The number of carbonyl (C=O) groups is 2. The number of rotatable bonds is 7. The van der Waals surface area contributed by atoms with Gasteiger partial charge in [-0.05, 0) is 24.3 Å². The lowest BCUT2D eigenvalue weighted by molar-refractivity contribution is -0.113. The molecule has 0 radical (unpaired) electrons. The van der Waals surface area contributed by atoms with Crippen LogP contribution < -0.4 is 10.1 Å². The lowest BCUT2D eigenvalue weighted by Gasteiger charge is -2.06. The van der Waals surface area contributed by atoms with Crippen LogP contribution in [0.3, 0.4) is 0 Å². The molecular weight excluding hydrogens is 463 g/mol. The summed E-state index contributed by atoms with van der Waals surface area (Å²) in [7, 11) is 1.80. The summed E-state index contributed by atoms with van der Waals surface area (Å²) >= 11 is 2.55. The zero-order valence-electron chi connectivity index (χ0n) is 17.5. The number of hydrogen-bond donors (Lipinski definition) is 1. The number of hydrogen-bond acceptors (Lipinski definition) is 6. The van der Waals surface area contributed by atoms with Crippen molar-refractivity contribution in [2.45, 2.75) is 11.7 Å². The molecule has 2 aromatic carbocycles. The number of aryl methyl sites for hydroxylation is 1. The zero-order valence-corrected chi connectivity index (χ0v) is 19.1. The molecule has 0 saturated heterocycles. The number of nitrogens with zero attached hydrogens (tertiary/aromatic N) is 5. The molecule has 2 aromatic heterocycles. The fourth-order valence-electron chi connectivity index (χ4n) is 2.93. The number of carbonyl (C=O) groups excluding carboxylic acids is 2. The molecule has 1 N–H and O–H groups in total. The van der Waals surface area contributed by atoms with Crippen molar-refractivity contribution in [2.24, 2.45) is 12.0 Å². The number of amides is 2. The van der Waals surface area contributed by atoms with Gasteiger partial charge in [0.1, 0.15) is 12.1 Å². The quantitative estimate of drug-likeness (QED) is 0.408. The Hall–Kier alpha value is -3.57. The maximum Gasteiger partial charge on any atom is 0.279 e. The van der Waals surface area contributed by atoms with Gasteiger partial charge < -0.3 is 14.5 Å². The average Bonchev–Trinajstić information content (AvgIpc) is 3.42. The summed E-state index contributed by atoms with van der Waals surface area (Å²) in [6.45, 7) is 0.265. The van der Waals surface area contributed by atoms with Crippen LogP contribution in [-0.4, -0.2) is 36.9 Å². The number of thiazole rings is 1. The largest absolute Gasteiger partial charge is 0.325 e. The Balaban J connectivity index is 1.44. The van der Waals surface area contributed by atoms with E-state index in [1.807, 2.05) is 0 Å². The first-order valence-corrected chi connectivity index (χ1v) is 11.7. The number of thioether (sulfide) groups is 1. The van der Waals surface area contributed by atoms with Crippen molar-refractivity contribution < 1.29 is 14.0 Å². The third kappa shape index (κ3) is 5.82. The normalized spacial score (nSPS) is 11.5. The summed E-state index contributed by atoms with van der Waals surface area (Å²) in [6.07, 6.45) is 3.32. The third-order valence-corrected chi connectivity index (χ3v) is 6.38. The van der Waals surface area contributed by atoms with Gasteiger partial charge in [-0.2, -0.15) is 4.99 Å². The van der Waals surface area contributed by atoms with Crippen LogP contribution in [0.15, 0.2) is 76.6 Å². The van der Waals surface area contributed by atoms with Crippen LogP contribution in [0.25, 0.3) is 0 Å². The Morgan fingerprint density at radius 2 is 2.06 bits per heavy atom. The molecule has 2 heterocycles. The van der Waals surface area contributed by atoms with Gasteiger partial charge in [-0.3, -0.25) is 9.59 Å². The highest BCUT2D eigenvalue weighted by Crippen LogP contribution is 2.16. The van der Waals surface area contributed by atoms with E-state index < -0.39 is 5.91 Å². The van der Waals surface area contributed by atoms with Gasteiger partial charge in [0, 0.05) is 35.4 Å². The molecule has 0 aliphatic rings. The fraction of sp³-hybridized carbons (Fsp3) is 0.136. The van der Waals surface area contributed by atoms with Crippen molar-refractivity contribution in [3.05, 3.63) is 88.2 Å². The summed E-state index contributed by atoms with van der Waals surface area (Å²) in [5, 5.41) is 12.9. The average molecular weight is 483 g/mol. The fourth-order valence-corrected chi connectivity index (χ4v) is 4.34.